The van der Waals surface area contributed by atoms with Crippen LogP contribution in [0.3, 0.4) is 0 Å². The molecule has 0 aliphatic heterocycles. The van der Waals surface area contributed by atoms with Gasteiger partial charge in [0.25, 0.3) is 0 Å². The number of benzene rings is 2. The lowest BCUT2D eigenvalue weighted by molar-refractivity contribution is 0.177. The number of ether oxygens (including phenoxy) is 2. The first-order valence-corrected chi connectivity index (χ1v) is 6.80. The molecule has 0 aromatic heterocycles. The van der Waals surface area contributed by atoms with Crippen molar-refractivity contribution in [2.75, 3.05) is 20.0 Å². The average molecular weight is 287 g/mol. The molecule has 1 unspecified atom stereocenters. The highest BCUT2D eigenvalue weighted by molar-refractivity contribution is 5.59. The lowest BCUT2D eigenvalue weighted by Crippen LogP contribution is -2.07. The van der Waals surface area contributed by atoms with Crippen molar-refractivity contribution in [2.24, 2.45) is 0 Å². The van der Waals surface area contributed by atoms with Gasteiger partial charge in [0.05, 0.1) is 26.0 Å². The maximum atomic E-state index is 10.5. The smallest absolute Gasteiger partial charge is 0.142 e. The number of aryl methyl sites for hydroxylation is 1. The normalized spacial score (nSPS) is 12.0. The Balaban J connectivity index is 2.30. The number of nitrogen functional groups attached to an aromatic ring is 1. The summed E-state index contributed by atoms with van der Waals surface area (Å²) in [7, 11) is 3.19. The number of rotatable bonds is 5. The number of nitrogens with two attached hydrogens (primary N) is 1. The predicted molar refractivity (Wildman–Crippen MR) is 83.8 cm³/mol. The molecule has 2 aromatic rings. The Hall–Kier alpha value is -2.20. The Labute approximate surface area is 125 Å². The Morgan fingerprint density at radius 1 is 1.10 bits per heavy atom. The number of methoxy groups -OCH3 is 2. The molecular formula is C17H21NO3. The third kappa shape index (κ3) is 3.28. The van der Waals surface area contributed by atoms with Crippen LogP contribution >= 0.6 is 0 Å². The lowest BCUT2D eigenvalue weighted by Gasteiger charge is -2.17. The second kappa shape index (κ2) is 6.50. The largest absolute Gasteiger partial charge is 0.496 e. The number of hydrogen-bond donors (Lipinski definition) is 2. The van der Waals surface area contributed by atoms with Gasteiger partial charge >= 0.3 is 0 Å². The van der Waals surface area contributed by atoms with E-state index in [1.165, 1.54) is 0 Å². The monoisotopic (exact) mass is 287 g/mol. The van der Waals surface area contributed by atoms with E-state index >= 15 is 0 Å². The molecule has 1 atom stereocenters. The Kier molecular flexibility index (Phi) is 4.70. The molecule has 0 heterocycles. The molecule has 4 heteroatoms. The number of hydrogen-bond acceptors (Lipinski definition) is 4. The second-order valence-electron chi connectivity index (χ2n) is 5.00. The SMILES string of the molecule is COc1ccc(C)cc1CC(O)c1cccc(OC)c1N. The predicted octanol–water partition coefficient (Wildman–Crippen LogP) is 2.87. The summed E-state index contributed by atoms with van der Waals surface area (Å²) < 4.78 is 10.5. The van der Waals surface area contributed by atoms with E-state index in [0.717, 1.165) is 16.9 Å². The summed E-state index contributed by atoms with van der Waals surface area (Å²) in [6.07, 6.45) is -0.279. The second-order valence-corrected chi connectivity index (χ2v) is 5.00. The van der Waals surface area contributed by atoms with Crippen LogP contribution in [0.1, 0.15) is 22.8 Å². The van der Waals surface area contributed by atoms with E-state index in [1.807, 2.05) is 37.3 Å². The molecule has 4 nitrogen and oxygen atoms in total. The topological polar surface area (TPSA) is 64.7 Å². The van der Waals surface area contributed by atoms with Gasteiger partial charge in [-0.2, -0.15) is 0 Å². The molecule has 0 saturated heterocycles. The van der Waals surface area contributed by atoms with Crippen molar-refractivity contribution in [2.45, 2.75) is 19.4 Å². The van der Waals surface area contributed by atoms with Crippen LogP contribution in [0.2, 0.25) is 0 Å². The maximum absolute atomic E-state index is 10.5. The van der Waals surface area contributed by atoms with Crippen molar-refractivity contribution in [3.63, 3.8) is 0 Å². The number of para-hydroxylation sites is 1. The van der Waals surface area contributed by atoms with E-state index in [-0.39, 0.29) is 0 Å². The van der Waals surface area contributed by atoms with Gasteiger partial charge < -0.3 is 20.3 Å². The van der Waals surface area contributed by atoms with Crippen molar-refractivity contribution in [3.05, 3.63) is 53.1 Å². The summed E-state index contributed by atoms with van der Waals surface area (Å²) in [5.41, 5.74) is 9.24. The minimum atomic E-state index is -0.712. The number of aliphatic hydroxyl groups excluding tert-OH is 1. The summed E-state index contributed by atoms with van der Waals surface area (Å²) >= 11 is 0. The van der Waals surface area contributed by atoms with Gasteiger partial charge in [-0.1, -0.05) is 29.8 Å². The zero-order valence-electron chi connectivity index (χ0n) is 12.6. The molecule has 112 valence electrons. The highest BCUT2D eigenvalue weighted by atomic mass is 16.5. The van der Waals surface area contributed by atoms with Gasteiger partial charge in [-0.05, 0) is 24.6 Å². The van der Waals surface area contributed by atoms with Gasteiger partial charge in [-0.25, -0.2) is 0 Å². The minimum absolute atomic E-state index is 0.433. The molecule has 3 N–H and O–H groups in total. The molecule has 0 aliphatic carbocycles. The van der Waals surface area contributed by atoms with E-state index in [2.05, 4.69) is 0 Å². The van der Waals surface area contributed by atoms with Crippen molar-refractivity contribution in [1.82, 2.24) is 0 Å². The van der Waals surface area contributed by atoms with Crippen LogP contribution in [-0.2, 0) is 6.42 Å². The molecule has 0 spiro atoms. The Morgan fingerprint density at radius 2 is 1.81 bits per heavy atom. The summed E-state index contributed by atoms with van der Waals surface area (Å²) in [4.78, 5) is 0. The minimum Gasteiger partial charge on any atom is -0.496 e. The summed E-state index contributed by atoms with van der Waals surface area (Å²) in [5, 5.41) is 10.5. The summed E-state index contributed by atoms with van der Waals surface area (Å²) in [5.74, 6) is 1.34. The standard InChI is InChI=1S/C17H21NO3/c1-11-7-8-15(20-2)12(9-11)10-14(19)13-5-4-6-16(21-3)17(13)18/h4-9,14,19H,10,18H2,1-3H3. The van der Waals surface area contributed by atoms with E-state index < -0.39 is 6.10 Å². The molecule has 0 amide bonds. The molecular weight excluding hydrogens is 266 g/mol. The molecule has 0 bridgehead atoms. The Bertz CT molecular complexity index is 625. The first kappa shape index (κ1) is 15.2. The molecule has 21 heavy (non-hydrogen) atoms. The van der Waals surface area contributed by atoms with Crippen LogP contribution in [0.15, 0.2) is 36.4 Å². The summed E-state index contributed by atoms with van der Waals surface area (Å²) in [6, 6.07) is 11.3. The molecule has 0 aliphatic rings. The highest BCUT2D eigenvalue weighted by Crippen LogP contribution is 2.32. The fraction of sp³-hybridized carbons (Fsp3) is 0.294. The van der Waals surface area contributed by atoms with Crippen LogP contribution in [0, 0.1) is 6.92 Å². The van der Waals surface area contributed by atoms with E-state index in [4.69, 9.17) is 15.2 Å². The molecule has 0 saturated carbocycles. The van der Waals surface area contributed by atoms with E-state index in [1.54, 1.807) is 20.3 Å². The number of anilines is 1. The van der Waals surface area contributed by atoms with Gasteiger partial charge in [0.2, 0.25) is 0 Å². The lowest BCUT2D eigenvalue weighted by atomic mass is 9.98. The molecule has 0 radical (unpaired) electrons. The molecule has 2 rings (SSSR count). The molecule has 0 fully saturated rings. The fourth-order valence-corrected chi connectivity index (χ4v) is 2.41. The average Bonchev–Trinajstić information content (AvgIpc) is 2.47. The van der Waals surface area contributed by atoms with Crippen LogP contribution in [0.4, 0.5) is 5.69 Å². The third-order valence-electron chi connectivity index (χ3n) is 3.53. The van der Waals surface area contributed by atoms with Gasteiger partial charge in [0, 0.05) is 12.0 Å². The third-order valence-corrected chi connectivity index (χ3v) is 3.53. The van der Waals surface area contributed by atoms with Gasteiger partial charge in [-0.3, -0.25) is 0 Å². The number of aliphatic hydroxyl groups is 1. The van der Waals surface area contributed by atoms with Crippen molar-refractivity contribution >= 4 is 5.69 Å². The first-order chi connectivity index (χ1) is 10.1. The van der Waals surface area contributed by atoms with Gasteiger partial charge in [0.1, 0.15) is 11.5 Å². The van der Waals surface area contributed by atoms with Crippen LogP contribution in [0.5, 0.6) is 11.5 Å². The van der Waals surface area contributed by atoms with Crippen LogP contribution < -0.4 is 15.2 Å². The van der Waals surface area contributed by atoms with E-state index in [9.17, 15) is 5.11 Å². The highest BCUT2D eigenvalue weighted by Gasteiger charge is 2.16. The van der Waals surface area contributed by atoms with Crippen LogP contribution in [-0.4, -0.2) is 19.3 Å². The van der Waals surface area contributed by atoms with Crippen LogP contribution in [0.25, 0.3) is 0 Å². The van der Waals surface area contributed by atoms with Gasteiger partial charge in [-0.15, -0.1) is 0 Å². The van der Waals surface area contributed by atoms with Crippen molar-refractivity contribution in [1.29, 1.82) is 0 Å². The quantitative estimate of drug-likeness (QED) is 0.830. The Morgan fingerprint density at radius 3 is 2.48 bits per heavy atom. The first-order valence-electron chi connectivity index (χ1n) is 6.80. The van der Waals surface area contributed by atoms with Crippen molar-refractivity contribution in [3.8, 4) is 11.5 Å². The maximum Gasteiger partial charge on any atom is 0.142 e. The molecule has 2 aromatic carbocycles. The van der Waals surface area contributed by atoms with Gasteiger partial charge in [0.15, 0.2) is 0 Å². The summed E-state index contributed by atoms with van der Waals surface area (Å²) in [6.45, 7) is 2.01. The zero-order valence-corrected chi connectivity index (χ0v) is 12.6. The zero-order chi connectivity index (χ0) is 15.4. The fourth-order valence-electron chi connectivity index (χ4n) is 2.41. The van der Waals surface area contributed by atoms with Crippen molar-refractivity contribution < 1.29 is 14.6 Å². The van der Waals surface area contributed by atoms with E-state index in [0.29, 0.717) is 23.4 Å².